The van der Waals surface area contributed by atoms with Crippen LogP contribution in [0.3, 0.4) is 0 Å². The summed E-state index contributed by atoms with van der Waals surface area (Å²) in [6, 6.07) is 5.33. The topological polar surface area (TPSA) is 101 Å². The second kappa shape index (κ2) is 6.49. The molecule has 0 saturated carbocycles. The molecule has 0 unspecified atom stereocenters. The first-order valence-corrected chi connectivity index (χ1v) is 9.82. The van der Waals surface area contributed by atoms with Crippen LogP contribution in [-0.4, -0.2) is 21.0 Å². The summed E-state index contributed by atoms with van der Waals surface area (Å²) in [4.78, 5) is 21.0. The van der Waals surface area contributed by atoms with Crippen LogP contribution in [0.2, 0.25) is 0 Å². The van der Waals surface area contributed by atoms with Crippen molar-refractivity contribution in [3.63, 3.8) is 0 Å². The zero-order valence-corrected chi connectivity index (χ0v) is 16.9. The molecular formula is C17H10Br2N4O2S. The molecule has 4 rings (SSSR count). The molecule has 26 heavy (non-hydrogen) atoms. The first-order chi connectivity index (χ1) is 12.4. The van der Waals surface area contributed by atoms with E-state index in [1.54, 1.807) is 24.4 Å². The molecule has 6 nitrogen and oxygen atoms in total. The van der Waals surface area contributed by atoms with Gasteiger partial charge in [-0.1, -0.05) is 0 Å². The molecule has 0 atom stereocenters. The van der Waals surface area contributed by atoms with E-state index in [2.05, 4.69) is 47.1 Å². The van der Waals surface area contributed by atoms with Crippen LogP contribution in [0.1, 0.15) is 11.1 Å². The van der Waals surface area contributed by atoms with Gasteiger partial charge in [0, 0.05) is 22.7 Å². The average Bonchev–Trinajstić information content (AvgIpc) is 3.16. The molecule has 130 valence electrons. The van der Waals surface area contributed by atoms with E-state index in [4.69, 9.17) is 5.73 Å². The fourth-order valence-electron chi connectivity index (χ4n) is 2.61. The summed E-state index contributed by atoms with van der Waals surface area (Å²) in [5.74, 6) is 0.376. The maximum absolute atomic E-state index is 12.4. The highest BCUT2D eigenvalue weighted by Gasteiger charge is 2.26. The maximum atomic E-state index is 12.4. The molecule has 0 saturated heterocycles. The van der Waals surface area contributed by atoms with Gasteiger partial charge in [-0.15, -0.1) is 11.3 Å². The van der Waals surface area contributed by atoms with Gasteiger partial charge in [-0.2, -0.15) is 0 Å². The van der Waals surface area contributed by atoms with Gasteiger partial charge in [0.1, 0.15) is 11.6 Å². The van der Waals surface area contributed by atoms with Gasteiger partial charge in [-0.05, 0) is 61.7 Å². The number of carbonyl (C=O) groups excluding carboxylic acids is 1. The number of carbonyl (C=O) groups is 1. The van der Waals surface area contributed by atoms with Crippen molar-refractivity contribution in [3.05, 3.63) is 49.8 Å². The number of pyridine rings is 1. The van der Waals surface area contributed by atoms with Gasteiger partial charge < -0.3 is 16.2 Å². The van der Waals surface area contributed by atoms with Crippen LogP contribution in [-0.2, 0) is 4.79 Å². The number of halogens is 2. The molecule has 0 bridgehead atoms. The molecular weight excluding hydrogens is 484 g/mol. The standard InChI is InChI=1S/C17H10Br2N4O2S/c18-11-2-7(3-12(19)14(11)24)1-10-9-4-8(13-6-26-17(20)22-13)5-21-15(9)23-16(10)25/h1-6,24H,(H2,20,22)(H,21,23,25). The number of anilines is 2. The third-order valence-corrected chi connectivity index (χ3v) is 5.71. The monoisotopic (exact) mass is 492 g/mol. The largest absolute Gasteiger partial charge is 0.506 e. The van der Waals surface area contributed by atoms with Crippen molar-refractivity contribution in [2.75, 3.05) is 11.1 Å². The quantitative estimate of drug-likeness (QED) is 0.456. The first kappa shape index (κ1) is 17.2. The second-order valence-corrected chi connectivity index (χ2v) is 8.13. The van der Waals surface area contributed by atoms with Crippen molar-refractivity contribution in [2.24, 2.45) is 0 Å². The third kappa shape index (κ3) is 3.02. The molecule has 0 aliphatic carbocycles. The third-order valence-electron chi connectivity index (χ3n) is 3.82. The Labute approximate surface area is 169 Å². The van der Waals surface area contributed by atoms with Crippen LogP contribution in [0.5, 0.6) is 5.75 Å². The van der Waals surface area contributed by atoms with E-state index in [9.17, 15) is 9.90 Å². The molecule has 3 heterocycles. The van der Waals surface area contributed by atoms with Crippen molar-refractivity contribution in [1.82, 2.24) is 9.97 Å². The number of nitrogens with zero attached hydrogens (tertiary/aromatic N) is 2. The summed E-state index contributed by atoms with van der Waals surface area (Å²) in [6.07, 6.45) is 3.40. The molecule has 2 aromatic heterocycles. The van der Waals surface area contributed by atoms with Crippen molar-refractivity contribution >= 4 is 71.7 Å². The van der Waals surface area contributed by atoms with E-state index in [1.165, 1.54) is 11.3 Å². The highest BCUT2D eigenvalue weighted by atomic mass is 79.9. The first-order valence-electron chi connectivity index (χ1n) is 7.35. The Hall–Kier alpha value is -2.23. The summed E-state index contributed by atoms with van der Waals surface area (Å²) < 4.78 is 1.06. The van der Waals surface area contributed by atoms with Gasteiger partial charge >= 0.3 is 0 Å². The lowest BCUT2D eigenvalue weighted by Crippen LogP contribution is -2.04. The van der Waals surface area contributed by atoms with E-state index >= 15 is 0 Å². The molecule has 4 N–H and O–H groups in total. The molecule has 0 spiro atoms. The van der Waals surface area contributed by atoms with Crippen molar-refractivity contribution in [3.8, 4) is 17.0 Å². The number of rotatable bonds is 2. The normalized spacial score (nSPS) is 14.5. The fraction of sp³-hybridized carbons (Fsp3) is 0. The number of phenolic OH excluding ortho intramolecular Hbond substituents is 1. The number of fused-ring (bicyclic) bond motifs is 1. The number of hydrogen-bond donors (Lipinski definition) is 3. The zero-order chi connectivity index (χ0) is 18.4. The summed E-state index contributed by atoms with van der Waals surface area (Å²) >= 11 is 7.94. The number of amides is 1. The predicted octanol–water partition coefficient (Wildman–Crippen LogP) is 4.51. The van der Waals surface area contributed by atoms with Crippen LogP contribution in [0, 0.1) is 0 Å². The van der Waals surface area contributed by atoms with E-state index in [0.29, 0.717) is 31.0 Å². The Balaban J connectivity index is 1.81. The average molecular weight is 494 g/mol. The molecule has 1 amide bonds. The number of benzene rings is 1. The molecule has 1 aliphatic rings. The number of nitrogens with two attached hydrogens (primary N) is 1. The zero-order valence-electron chi connectivity index (χ0n) is 13.0. The molecule has 9 heteroatoms. The minimum absolute atomic E-state index is 0.105. The lowest BCUT2D eigenvalue weighted by Gasteiger charge is -2.04. The number of phenols is 1. The predicted molar refractivity (Wildman–Crippen MR) is 110 cm³/mol. The lowest BCUT2D eigenvalue weighted by molar-refractivity contribution is -0.110. The van der Waals surface area contributed by atoms with E-state index in [1.807, 2.05) is 11.4 Å². The summed E-state index contributed by atoms with van der Waals surface area (Å²) in [5.41, 5.74) is 9.14. The minimum atomic E-state index is -0.234. The summed E-state index contributed by atoms with van der Waals surface area (Å²) in [7, 11) is 0. The Bertz CT molecular complexity index is 1070. The van der Waals surface area contributed by atoms with Gasteiger partial charge in [0.05, 0.1) is 20.2 Å². The SMILES string of the molecule is Nc1nc(-c2cnc3c(c2)C(=Cc2cc(Br)c(O)c(Br)c2)C(=O)N3)cs1. The van der Waals surface area contributed by atoms with Crippen molar-refractivity contribution in [1.29, 1.82) is 0 Å². The van der Waals surface area contributed by atoms with Gasteiger partial charge in [0.25, 0.3) is 5.91 Å². The Morgan fingerprint density at radius 3 is 2.62 bits per heavy atom. The van der Waals surface area contributed by atoms with Crippen molar-refractivity contribution in [2.45, 2.75) is 0 Å². The van der Waals surface area contributed by atoms with Gasteiger partial charge in [0.2, 0.25) is 0 Å². The second-order valence-electron chi connectivity index (χ2n) is 5.54. The molecule has 0 fully saturated rings. The molecule has 1 aliphatic heterocycles. The highest BCUT2D eigenvalue weighted by Crippen LogP contribution is 2.37. The maximum Gasteiger partial charge on any atom is 0.257 e. The minimum Gasteiger partial charge on any atom is -0.506 e. The van der Waals surface area contributed by atoms with Crippen LogP contribution >= 0.6 is 43.2 Å². The fourth-order valence-corrected chi connectivity index (χ4v) is 4.40. The van der Waals surface area contributed by atoms with Gasteiger partial charge in [-0.25, -0.2) is 9.97 Å². The molecule has 1 aromatic carbocycles. The Kier molecular flexibility index (Phi) is 4.29. The summed E-state index contributed by atoms with van der Waals surface area (Å²) in [6.45, 7) is 0. The highest BCUT2D eigenvalue weighted by molar-refractivity contribution is 9.11. The number of nitrogen functional groups attached to an aromatic ring is 1. The lowest BCUT2D eigenvalue weighted by atomic mass is 10.0. The van der Waals surface area contributed by atoms with E-state index in [-0.39, 0.29) is 11.7 Å². The smallest absolute Gasteiger partial charge is 0.257 e. The number of aromatic nitrogens is 2. The number of hydrogen-bond acceptors (Lipinski definition) is 6. The van der Waals surface area contributed by atoms with Crippen molar-refractivity contribution < 1.29 is 9.90 Å². The number of nitrogens with one attached hydrogen (secondary N) is 1. The van der Waals surface area contributed by atoms with E-state index < -0.39 is 0 Å². The number of thiazole rings is 1. The Morgan fingerprint density at radius 2 is 1.96 bits per heavy atom. The number of aromatic hydroxyl groups is 1. The van der Waals surface area contributed by atoms with Crippen LogP contribution in [0.25, 0.3) is 22.9 Å². The van der Waals surface area contributed by atoms with Crippen LogP contribution in [0.4, 0.5) is 10.9 Å². The molecule has 3 aromatic rings. The summed E-state index contributed by atoms with van der Waals surface area (Å²) in [5, 5.41) is 14.9. The van der Waals surface area contributed by atoms with E-state index in [0.717, 1.165) is 16.8 Å². The van der Waals surface area contributed by atoms with Gasteiger partial charge in [0.15, 0.2) is 5.13 Å². The van der Waals surface area contributed by atoms with Gasteiger partial charge in [-0.3, -0.25) is 4.79 Å². The Morgan fingerprint density at radius 1 is 1.23 bits per heavy atom. The van der Waals surface area contributed by atoms with Crippen LogP contribution in [0.15, 0.2) is 38.7 Å². The molecule has 0 radical (unpaired) electrons. The van der Waals surface area contributed by atoms with Crippen LogP contribution < -0.4 is 11.1 Å².